The van der Waals surface area contributed by atoms with Crippen LogP contribution in [0.15, 0.2) is 66.9 Å². The summed E-state index contributed by atoms with van der Waals surface area (Å²) in [6.45, 7) is 6.26. The van der Waals surface area contributed by atoms with E-state index in [1.165, 1.54) is 28.8 Å². The lowest BCUT2D eigenvalue weighted by atomic mass is 9.84. The Bertz CT molecular complexity index is 1400. The molecule has 1 saturated heterocycles. The Hall–Kier alpha value is -3.15. The number of imidazole rings is 1. The van der Waals surface area contributed by atoms with Gasteiger partial charge in [-0.25, -0.2) is 4.98 Å². The molecule has 0 spiro atoms. The number of benzene rings is 2. The largest absolute Gasteiger partial charge is 0.340 e. The van der Waals surface area contributed by atoms with Crippen molar-refractivity contribution in [2.45, 2.75) is 32.7 Å². The molecule has 5 nitrogen and oxygen atoms in total. The van der Waals surface area contributed by atoms with Gasteiger partial charge >= 0.3 is 0 Å². The van der Waals surface area contributed by atoms with Crippen molar-refractivity contribution >= 4 is 23.2 Å². The van der Waals surface area contributed by atoms with E-state index >= 15 is 0 Å². The second-order valence-electron chi connectivity index (χ2n) is 10.2. The SMILES string of the molecule is Cc1cccc(-c2ccc3nc(-c4ccc(Cl)cc4)c(CN4CCN(C(=O)C5CCC5)CC4)n3c2)c1. The monoisotopic (exact) mass is 498 g/mol. The number of hydrogen-bond donors (Lipinski definition) is 0. The zero-order chi connectivity index (χ0) is 24.6. The van der Waals surface area contributed by atoms with Gasteiger partial charge in [0, 0.05) is 55.4 Å². The summed E-state index contributed by atoms with van der Waals surface area (Å²) < 4.78 is 2.24. The number of halogens is 1. The molecule has 1 amide bonds. The highest BCUT2D eigenvalue weighted by atomic mass is 35.5. The van der Waals surface area contributed by atoms with Crippen LogP contribution in [0.4, 0.5) is 0 Å². The van der Waals surface area contributed by atoms with Crippen LogP contribution in [0, 0.1) is 12.8 Å². The molecule has 4 aromatic rings. The highest BCUT2D eigenvalue weighted by Gasteiger charge is 2.31. The van der Waals surface area contributed by atoms with Crippen molar-refractivity contribution in [3.8, 4) is 22.4 Å². The van der Waals surface area contributed by atoms with Gasteiger partial charge in [0.1, 0.15) is 5.65 Å². The summed E-state index contributed by atoms with van der Waals surface area (Å²) in [6.07, 6.45) is 5.54. The van der Waals surface area contributed by atoms with Crippen LogP contribution in [-0.2, 0) is 11.3 Å². The summed E-state index contributed by atoms with van der Waals surface area (Å²) >= 11 is 6.18. The van der Waals surface area contributed by atoms with Crippen molar-refractivity contribution in [3.63, 3.8) is 0 Å². The summed E-state index contributed by atoms with van der Waals surface area (Å²) in [5.41, 5.74) is 7.77. The third kappa shape index (κ3) is 4.54. The molecule has 0 atom stereocenters. The zero-order valence-corrected chi connectivity index (χ0v) is 21.4. The van der Waals surface area contributed by atoms with Gasteiger partial charge in [-0.05, 0) is 55.2 Å². The molecule has 36 heavy (non-hydrogen) atoms. The minimum atomic E-state index is 0.270. The van der Waals surface area contributed by atoms with Crippen LogP contribution in [0.1, 0.15) is 30.5 Å². The molecule has 2 fully saturated rings. The predicted molar refractivity (Wildman–Crippen MR) is 145 cm³/mol. The Balaban J connectivity index is 1.33. The highest BCUT2D eigenvalue weighted by molar-refractivity contribution is 6.30. The van der Waals surface area contributed by atoms with Crippen LogP contribution >= 0.6 is 11.6 Å². The first kappa shape index (κ1) is 23.3. The maximum absolute atomic E-state index is 12.7. The number of amides is 1. The number of fused-ring (bicyclic) bond motifs is 1. The molecule has 0 unspecified atom stereocenters. The second-order valence-corrected chi connectivity index (χ2v) is 10.6. The van der Waals surface area contributed by atoms with Gasteiger partial charge in [-0.1, -0.05) is 60.0 Å². The van der Waals surface area contributed by atoms with Crippen LogP contribution in [0.3, 0.4) is 0 Å². The lowest BCUT2D eigenvalue weighted by Gasteiger charge is -2.38. The number of hydrogen-bond acceptors (Lipinski definition) is 3. The first-order valence-corrected chi connectivity index (χ1v) is 13.3. The smallest absolute Gasteiger partial charge is 0.225 e. The van der Waals surface area contributed by atoms with Crippen molar-refractivity contribution in [1.82, 2.24) is 19.2 Å². The molecule has 2 aliphatic rings. The number of nitrogens with zero attached hydrogens (tertiary/aromatic N) is 4. The zero-order valence-electron chi connectivity index (χ0n) is 20.7. The molecule has 6 heteroatoms. The molecule has 6 rings (SSSR count). The number of carbonyl (C=O) groups is 1. The first-order chi connectivity index (χ1) is 17.5. The Labute approximate surface area is 217 Å². The van der Waals surface area contributed by atoms with Gasteiger partial charge in [-0.2, -0.15) is 0 Å². The van der Waals surface area contributed by atoms with Crippen molar-refractivity contribution in [1.29, 1.82) is 0 Å². The molecule has 184 valence electrons. The van der Waals surface area contributed by atoms with E-state index in [1.54, 1.807) is 0 Å². The fourth-order valence-corrected chi connectivity index (χ4v) is 5.46. The van der Waals surface area contributed by atoms with Crippen molar-refractivity contribution in [2.24, 2.45) is 5.92 Å². The Morgan fingerprint density at radius 2 is 1.69 bits per heavy atom. The van der Waals surface area contributed by atoms with Gasteiger partial charge in [0.15, 0.2) is 0 Å². The fourth-order valence-electron chi connectivity index (χ4n) is 5.33. The normalized spacial score (nSPS) is 16.9. The summed E-state index contributed by atoms with van der Waals surface area (Å²) in [5, 5.41) is 0.720. The number of pyridine rings is 1. The molecule has 2 aromatic heterocycles. The average molecular weight is 499 g/mol. The third-order valence-electron chi connectivity index (χ3n) is 7.70. The van der Waals surface area contributed by atoms with Crippen LogP contribution in [0.2, 0.25) is 5.02 Å². The fraction of sp³-hybridized carbons (Fsp3) is 0.333. The molecular weight excluding hydrogens is 468 g/mol. The Morgan fingerprint density at radius 3 is 2.39 bits per heavy atom. The topological polar surface area (TPSA) is 40.9 Å². The number of aryl methyl sites for hydroxylation is 1. The summed E-state index contributed by atoms with van der Waals surface area (Å²) in [5.74, 6) is 0.632. The van der Waals surface area contributed by atoms with E-state index in [4.69, 9.17) is 16.6 Å². The molecule has 0 N–H and O–H groups in total. The molecule has 2 aromatic carbocycles. The second kappa shape index (κ2) is 9.72. The predicted octanol–water partition coefficient (Wildman–Crippen LogP) is 6.07. The molecule has 0 radical (unpaired) electrons. The summed E-state index contributed by atoms with van der Waals surface area (Å²) in [6, 6.07) is 20.8. The van der Waals surface area contributed by atoms with Gasteiger partial charge in [0.2, 0.25) is 5.91 Å². The molecule has 0 bridgehead atoms. The quantitative estimate of drug-likeness (QED) is 0.335. The number of rotatable bonds is 5. The van der Waals surface area contributed by atoms with Gasteiger partial charge < -0.3 is 9.30 Å². The standard InChI is InChI=1S/C30H31ClN4O/c1-21-4-2-7-24(18-21)25-10-13-28-32-29(22-8-11-26(31)12-9-22)27(35(28)19-25)20-33-14-16-34(17-15-33)30(36)23-5-3-6-23/h2,4,7-13,18-19,23H,3,5-6,14-17,20H2,1H3. The van der Waals surface area contributed by atoms with E-state index in [2.05, 4.69) is 63.7 Å². The lowest BCUT2D eigenvalue weighted by Crippen LogP contribution is -2.50. The van der Waals surface area contributed by atoms with E-state index in [-0.39, 0.29) is 5.92 Å². The molecule has 1 saturated carbocycles. The van der Waals surface area contributed by atoms with Gasteiger partial charge in [-0.3, -0.25) is 9.69 Å². The lowest BCUT2D eigenvalue weighted by molar-refractivity contribution is -0.140. The third-order valence-corrected chi connectivity index (χ3v) is 7.95. The van der Waals surface area contributed by atoms with Crippen molar-refractivity contribution in [3.05, 3.63) is 83.1 Å². The van der Waals surface area contributed by atoms with E-state index < -0.39 is 0 Å². The molecule has 1 aliphatic carbocycles. The maximum atomic E-state index is 12.7. The van der Waals surface area contributed by atoms with Crippen LogP contribution in [0.5, 0.6) is 0 Å². The minimum Gasteiger partial charge on any atom is -0.340 e. The van der Waals surface area contributed by atoms with Crippen LogP contribution in [-0.4, -0.2) is 51.3 Å². The summed E-state index contributed by atoms with van der Waals surface area (Å²) in [7, 11) is 0. The molecular formula is C30H31ClN4O. The average Bonchev–Trinajstić information content (AvgIpc) is 3.21. The number of carbonyl (C=O) groups excluding carboxylic acids is 1. The summed E-state index contributed by atoms with van der Waals surface area (Å²) in [4.78, 5) is 22.3. The van der Waals surface area contributed by atoms with Crippen LogP contribution in [0.25, 0.3) is 28.0 Å². The van der Waals surface area contributed by atoms with E-state index in [0.29, 0.717) is 5.91 Å². The number of aromatic nitrogens is 2. The van der Waals surface area contributed by atoms with Gasteiger partial charge in [-0.15, -0.1) is 0 Å². The molecule has 3 heterocycles. The van der Waals surface area contributed by atoms with Gasteiger partial charge in [0.05, 0.1) is 11.4 Å². The minimum absolute atomic E-state index is 0.270. The highest BCUT2D eigenvalue weighted by Crippen LogP contribution is 2.31. The van der Waals surface area contributed by atoms with E-state index in [0.717, 1.165) is 67.5 Å². The Kier molecular flexibility index (Phi) is 6.28. The van der Waals surface area contributed by atoms with Gasteiger partial charge in [0.25, 0.3) is 0 Å². The number of piperazine rings is 1. The Morgan fingerprint density at radius 1 is 0.944 bits per heavy atom. The van der Waals surface area contributed by atoms with Crippen molar-refractivity contribution in [2.75, 3.05) is 26.2 Å². The van der Waals surface area contributed by atoms with Crippen molar-refractivity contribution < 1.29 is 4.79 Å². The van der Waals surface area contributed by atoms with E-state index in [9.17, 15) is 4.79 Å². The molecule has 1 aliphatic heterocycles. The first-order valence-electron chi connectivity index (χ1n) is 12.9. The maximum Gasteiger partial charge on any atom is 0.225 e. The van der Waals surface area contributed by atoms with E-state index in [1.807, 2.05) is 24.3 Å². The van der Waals surface area contributed by atoms with Crippen LogP contribution < -0.4 is 0 Å².